The highest BCUT2D eigenvalue weighted by Crippen LogP contribution is 2.29. The van der Waals surface area contributed by atoms with Gasteiger partial charge in [-0.15, -0.1) is 0 Å². The van der Waals surface area contributed by atoms with Crippen molar-refractivity contribution >= 4 is 5.78 Å². The van der Waals surface area contributed by atoms with Gasteiger partial charge in [-0.25, -0.2) is 4.98 Å². The number of aromatic amines is 1. The van der Waals surface area contributed by atoms with Crippen molar-refractivity contribution in [3.8, 4) is 0 Å². The van der Waals surface area contributed by atoms with Crippen molar-refractivity contribution in [2.45, 2.75) is 12.6 Å². The van der Waals surface area contributed by atoms with Crippen molar-refractivity contribution in [3.63, 3.8) is 0 Å². The van der Waals surface area contributed by atoms with Gasteiger partial charge >= 0.3 is 6.18 Å². The van der Waals surface area contributed by atoms with Crippen LogP contribution < -0.4 is 0 Å². The van der Waals surface area contributed by atoms with Crippen LogP contribution in [0, 0.1) is 0 Å². The fraction of sp³-hybridized carbons (Fsp3) is 0.182. The van der Waals surface area contributed by atoms with Gasteiger partial charge in [0.05, 0.1) is 5.56 Å². The van der Waals surface area contributed by atoms with E-state index < -0.39 is 11.7 Å². The third-order valence-electron chi connectivity index (χ3n) is 2.33. The van der Waals surface area contributed by atoms with E-state index in [9.17, 15) is 18.0 Å². The molecule has 2 aromatic rings. The summed E-state index contributed by atoms with van der Waals surface area (Å²) in [6.07, 6.45) is -3.19. The molecular formula is C11H8F3N3O. The minimum atomic E-state index is -4.37. The number of rotatable bonds is 3. The van der Waals surface area contributed by atoms with Crippen LogP contribution in [0.3, 0.4) is 0 Å². The van der Waals surface area contributed by atoms with Crippen molar-refractivity contribution < 1.29 is 18.0 Å². The maximum absolute atomic E-state index is 12.3. The number of Topliss-reactive ketones (excluding diaryl/α,β-unsaturated/α-hetero) is 1. The highest BCUT2D eigenvalue weighted by atomic mass is 19.4. The second-order valence-electron chi connectivity index (χ2n) is 3.63. The molecular weight excluding hydrogens is 247 g/mol. The lowest BCUT2D eigenvalue weighted by Gasteiger charge is -2.06. The van der Waals surface area contributed by atoms with E-state index in [2.05, 4.69) is 15.2 Å². The van der Waals surface area contributed by atoms with Crippen LogP contribution in [0.25, 0.3) is 0 Å². The van der Waals surface area contributed by atoms with Gasteiger partial charge in [-0.3, -0.25) is 9.89 Å². The summed E-state index contributed by atoms with van der Waals surface area (Å²) in [5.41, 5.74) is -0.247. The van der Waals surface area contributed by atoms with Crippen LogP contribution in [0.4, 0.5) is 13.2 Å². The Kier molecular flexibility index (Phi) is 3.14. The summed E-state index contributed by atoms with van der Waals surface area (Å²) in [6, 6.07) is 4.44. The molecule has 0 unspecified atom stereocenters. The Labute approximate surface area is 99.9 Å². The van der Waals surface area contributed by atoms with E-state index in [0.717, 1.165) is 12.1 Å². The van der Waals surface area contributed by atoms with Crippen LogP contribution in [0.2, 0.25) is 0 Å². The number of nitrogens with zero attached hydrogens (tertiary/aromatic N) is 2. The molecule has 0 amide bonds. The van der Waals surface area contributed by atoms with E-state index in [1.165, 1.54) is 18.5 Å². The zero-order chi connectivity index (χ0) is 13.2. The first kappa shape index (κ1) is 12.3. The molecule has 2 rings (SSSR count). The molecule has 1 N–H and O–H groups in total. The van der Waals surface area contributed by atoms with Gasteiger partial charge in [-0.2, -0.15) is 18.3 Å². The first-order chi connectivity index (χ1) is 8.47. The number of halogens is 3. The van der Waals surface area contributed by atoms with E-state index in [0.29, 0.717) is 5.56 Å². The summed E-state index contributed by atoms with van der Waals surface area (Å²) >= 11 is 0. The third kappa shape index (κ3) is 2.73. The van der Waals surface area contributed by atoms with Crippen molar-refractivity contribution in [1.29, 1.82) is 0 Å². The summed E-state index contributed by atoms with van der Waals surface area (Å²) in [5, 5.41) is 5.93. The Morgan fingerprint density at radius 1 is 1.22 bits per heavy atom. The van der Waals surface area contributed by atoms with E-state index in [-0.39, 0.29) is 18.0 Å². The summed E-state index contributed by atoms with van der Waals surface area (Å²) in [6.45, 7) is 0. The van der Waals surface area contributed by atoms with Gasteiger partial charge in [0.1, 0.15) is 6.33 Å². The van der Waals surface area contributed by atoms with Crippen molar-refractivity contribution in [3.05, 3.63) is 47.5 Å². The number of carbonyl (C=O) groups is 1. The molecule has 0 aliphatic heterocycles. The summed E-state index contributed by atoms with van der Waals surface area (Å²) in [4.78, 5) is 15.3. The van der Waals surface area contributed by atoms with Gasteiger partial charge < -0.3 is 0 Å². The van der Waals surface area contributed by atoms with E-state index in [4.69, 9.17) is 0 Å². The topological polar surface area (TPSA) is 58.6 Å². The Hall–Kier alpha value is -2.18. The lowest BCUT2D eigenvalue weighted by Crippen LogP contribution is -2.07. The number of carbonyl (C=O) groups excluding carboxylic acids is 1. The maximum Gasteiger partial charge on any atom is 0.416 e. The molecule has 18 heavy (non-hydrogen) atoms. The number of ketones is 1. The summed E-state index contributed by atoms with van der Waals surface area (Å²) in [5.74, 6) is -0.234. The maximum atomic E-state index is 12.3. The highest BCUT2D eigenvalue weighted by Gasteiger charge is 2.29. The number of nitrogens with one attached hydrogen (secondary N) is 1. The first-order valence-corrected chi connectivity index (χ1v) is 5.01. The molecule has 1 aromatic heterocycles. The number of hydrogen-bond donors (Lipinski definition) is 1. The lowest BCUT2D eigenvalue weighted by molar-refractivity contribution is -0.137. The average molecular weight is 255 g/mol. The average Bonchev–Trinajstić information content (AvgIpc) is 2.82. The predicted molar refractivity (Wildman–Crippen MR) is 55.9 cm³/mol. The largest absolute Gasteiger partial charge is 0.416 e. The van der Waals surface area contributed by atoms with Crippen LogP contribution in [0.5, 0.6) is 0 Å². The Morgan fingerprint density at radius 2 is 1.89 bits per heavy atom. The van der Waals surface area contributed by atoms with Crippen molar-refractivity contribution in [1.82, 2.24) is 15.2 Å². The first-order valence-electron chi connectivity index (χ1n) is 5.01. The van der Waals surface area contributed by atoms with Crippen molar-refractivity contribution in [2.24, 2.45) is 0 Å². The highest BCUT2D eigenvalue weighted by molar-refractivity contribution is 5.93. The van der Waals surface area contributed by atoms with Crippen LogP contribution in [0.1, 0.15) is 21.7 Å². The smallest absolute Gasteiger partial charge is 0.290 e. The van der Waals surface area contributed by atoms with Crippen LogP contribution in [-0.4, -0.2) is 21.0 Å². The second kappa shape index (κ2) is 4.59. The molecule has 1 aromatic carbocycles. The third-order valence-corrected chi connectivity index (χ3v) is 2.33. The molecule has 7 heteroatoms. The fourth-order valence-corrected chi connectivity index (χ4v) is 1.42. The minimum absolute atomic E-state index is 0.0205. The SMILES string of the molecule is O=C(Cc1ccc(C(F)(F)F)cc1)c1ncn[nH]1. The number of hydrogen-bond acceptors (Lipinski definition) is 3. The minimum Gasteiger partial charge on any atom is -0.290 e. The van der Waals surface area contributed by atoms with Gasteiger partial charge in [-0.05, 0) is 17.7 Å². The van der Waals surface area contributed by atoms with Crippen LogP contribution in [-0.2, 0) is 12.6 Å². The van der Waals surface area contributed by atoms with Gasteiger partial charge in [0.2, 0.25) is 5.78 Å². The molecule has 0 aliphatic rings. The van der Waals surface area contributed by atoms with Gasteiger partial charge in [0.15, 0.2) is 5.82 Å². The molecule has 0 aliphatic carbocycles. The second-order valence-corrected chi connectivity index (χ2v) is 3.63. The molecule has 0 saturated heterocycles. The fourth-order valence-electron chi connectivity index (χ4n) is 1.42. The van der Waals surface area contributed by atoms with E-state index in [1.807, 2.05) is 0 Å². The molecule has 1 heterocycles. The van der Waals surface area contributed by atoms with Crippen molar-refractivity contribution in [2.75, 3.05) is 0 Å². The summed E-state index contributed by atoms with van der Waals surface area (Å²) in [7, 11) is 0. The molecule has 0 bridgehead atoms. The number of H-pyrrole nitrogens is 1. The lowest BCUT2D eigenvalue weighted by atomic mass is 10.1. The Bertz CT molecular complexity index is 532. The number of alkyl halides is 3. The Morgan fingerprint density at radius 3 is 2.39 bits per heavy atom. The molecule has 0 fully saturated rings. The molecule has 0 radical (unpaired) electrons. The van der Waals surface area contributed by atoms with E-state index >= 15 is 0 Å². The van der Waals surface area contributed by atoms with Gasteiger partial charge in [0, 0.05) is 6.42 Å². The number of aromatic nitrogens is 3. The molecule has 4 nitrogen and oxygen atoms in total. The molecule has 0 atom stereocenters. The zero-order valence-electron chi connectivity index (χ0n) is 9.03. The molecule has 0 saturated carbocycles. The molecule has 94 valence electrons. The predicted octanol–water partition coefficient (Wildman–Crippen LogP) is 2.25. The summed E-state index contributed by atoms with van der Waals surface area (Å²) < 4.78 is 36.9. The zero-order valence-corrected chi connectivity index (χ0v) is 9.03. The monoisotopic (exact) mass is 255 g/mol. The van der Waals surface area contributed by atoms with E-state index in [1.54, 1.807) is 0 Å². The normalized spacial score (nSPS) is 11.5. The van der Waals surface area contributed by atoms with Gasteiger partial charge in [-0.1, -0.05) is 12.1 Å². The molecule has 0 spiro atoms. The van der Waals surface area contributed by atoms with Crippen LogP contribution >= 0.6 is 0 Å². The standard InChI is InChI=1S/C11H8F3N3O/c12-11(13,14)8-3-1-7(2-4-8)5-9(18)10-15-6-16-17-10/h1-4,6H,5H2,(H,15,16,17). The Balaban J connectivity index is 2.09. The number of benzene rings is 1. The van der Waals surface area contributed by atoms with Gasteiger partial charge in [0.25, 0.3) is 0 Å². The van der Waals surface area contributed by atoms with Crippen LogP contribution in [0.15, 0.2) is 30.6 Å². The quantitative estimate of drug-likeness (QED) is 0.856.